The van der Waals surface area contributed by atoms with E-state index in [4.69, 9.17) is 5.11 Å². The van der Waals surface area contributed by atoms with Gasteiger partial charge in [-0.15, -0.1) is 0 Å². The van der Waals surface area contributed by atoms with Crippen LogP contribution >= 0.6 is 0 Å². The number of aromatic carboxylic acids is 1. The molecule has 2 aromatic rings. The second-order valence-electron chi connectivity index (χ2n) is 3.64. The number of carboxylic acid groups (broad SMARTS) is 1. The van der Waals surface area contributed by atoms with Gasteiger partial charge in [0.1, 0.15) is 11.4 Å². The lowest BCUT2D eigenvalue weighted by molar-refractivity contribution is 0.0691. The maximum absolute atomic E-state index is 10.9. The number of hydrogen-bond acceptors (Lipinski definition) is 2. The Balaban J connectivity index is 2.88. The van der Waals surface area contributed by atoms with Crippen molar-refractivity contribution in [2.75, 3.05) is 0 Å². The number of H-pyrrole nitrogens is 1. The van der Waals surface area contributed by atoms with Crippen molar-refractivity contribution in [2.24, 2.45) is 0 Å². The van der Waals surface area contributed by atoms with Crippen LogP contribution in [0.3, 0.4) is 0 Å². The van der Waals surface area contributed by atoms with Crippen LogP contribution in [0, 0.1) is 13.8 Å². The Morgan fingerprint density at radius 1 is 1.33 bits per heavy atom. The number of phenolic OH excluding ortho intramolecular Hbond substituents is 1. The molecule has 1 aromatic carbocycles. The highest BCUT2D eigenvalue weighted by Crippen LogP contribution is 2.29. The fourth-order valence-electron chi connectivity index (χ4n) is 1.76. The van der Waals surface area contributed by atoms with Gasteiger partial charge in [-0.05, 0) is 37.1 Å². The molecule has 0 aliphatic heterocycles. The number of aromatic nitrogens is 1. The summed E-state index contributed by atoms with van der Waals surface area (Å²) in [5.74, 6) is -0.929. The lowest BCUT2D eigenvalue weighted by atomic mass is 10.1. The molecule has 2 rings (SSSR count). The number of carboxylic acids is 1. The average Bonchev–Trinajstić information content (AvgIpc) is 2.44. The molecule has 0 spiro atoms. The minimum absolute atomic E-state index is 0.0839. The van der Waals surface area contributed by atoms with Gasteiger partial charge < -0.3 is 15.2 Å². The fourth-order valence-corrected chi connectivity index (χ4v) is 1.76. The quantitative estimate of drug-likeness (QED) is 0.668. The van der Waals surface area contributed by atoms with E-state index in [1.807, 2.05) is 13.0 Å². The zero-order chi connectivity index (χ0) is 11.2. The third kappa shape index (κ3) is 1.34. The van der Waals surface area contributed by atoms with E-state index in [9.17, 15) is 9.90 Å². The van der Waals surface area contributed by atoms with Crippen molar-refractivity contribution in [1.82, 2.24) is 4.98 Å². The highest BCUT2D eigenvalue weighted by molar-refractivity contribution is 5.99. The van der Waals surface area contributed by atoms with E-state index in [0.717, 1.165) is 10.9 Å². The highest BCUT2D eigenvalue weighted by atomic mass is 16.4. The van der Waals surface area contributed by atoms with Gasteiger partial charge in [0.2, 0.25) is 0 Å². The molecule has 0 aliphatic rings. The molecule has 15 heavy (non-hydrogen) atoms. The van der Waals surface area contributed by atoms with Crippen LogP contribution in [0.5, 0.6) is 5.75 Å². The number of benzene rings is 1. The van der Waals surface area contributed by atoms with E-state index >= 15 is 0 Å². The van der Waals surface area contributed by atoms with Gasteiger partial charge in [-0.25, -0.2) is 4.79 Å². The van der Waals surface area contributed by atoms with E-state index in [1.54, 1.807) is 13.0 Å². The summed E-state index contributed by atoms with van der Waals surface area (Å²) in [6.07, 6.45) is 0. The Labute approximate surface area is 86.2 Å². The molecular weight excluding hydrogens is 194 g/mol. The normalized spacial score (nSPS) is 10.8. The zero-order valence-electron chi connectivity index (χ0n) is 8.46. The number of aryl methyl sites for hydroxylation is 2. The van der Waals surface area contributed by atoms with Crippen LogP contribution in [0.1, 0.15) is 21.6 Å². The number of rotatable bonds is 1. The minimum Gasteiger partial charge on any atom is -0.506 e. The second-order valence-corrected chi connectivity index (χ2v) is 3.64. The first kappa shape index (κ1) is 9.58. The molecule has 4 heteroatoms. The van der Waals surface area contributed by atoms with Gasteiger partial charge in [0.05, 0.1) is 5.52 Å². The summed E-state index contributed by atoms with van der Waals surface area (Å²) in [7, 11) is 0. The number of phenols is 1. The van der Waals surface area contributed by atoms with Crippen LogP contribution in [0.2, 0.25) is 0 Å². The maximum atomic E-state index is 10.9. The predicted octanol–water partition coefficient (Wildman–Crippen LogP) is 2.19. The lowest BCUT2D eigenvalue weighted by Crippen LogP contribution is -1.97. The van der Waals surface area contributed by atoms with Crippen molar-refractivity contribution in [3.63, 3.8) is 0 Å². The van der Waals surface area contributed by atoms with Crippen LogP contribution in [-0.4, -0.2) is 21.2 Å². The number of fused-ring (bicyclic) bond motifs is 1. The van der Waals surface area contributed by atoms with E-state index in [2.05, 4.69) is 4.98 Å². The molecule has 0 aliphatic carbocycles. The number of carbonyl (C=O) groups is 1. The van der Waals surface area contributed by atoms with Gasteiger partial charge in [-0.3, -0.25) is 0 Å². The molecule has 1 heterocycles. The monoisotopic (exact) mass is 205 g/mol. The van der Waals surface area contributed by atoms with Crippen LogP contribution < -0.4 is 0 Å². The number of aromatic hydroxyl groups is 1. The van der Waals surface area contributed by atoms with Gasteiger partial charge in [-0.2, -0.15) is 0 Å². The first-order valence-electron chi connectivity index (χ1n) is 4.56. The van der Waals surface area contributed by atoms with E-state index in [0.29, 0.717) is 11.1 Å². The van der Waals surface area contributed by atoms with Crippen molar-refractivity contribution in [3.8, 4) is 5.75 Å². The molecule has 4 nitrogen and oxygen atoms in total. The maximum Gasteiger partial charge on any atom is 0.352 e. The molecule has 0 unspecified atom stereocenters. The predicted molar refractivity (Wildman–Crippen MR) is 56.4 cm³/mol. The van der Waals surface area contributed by atoms with E-state index in [-0.39, 0.29) is 11.4 Å². The molecule has 0 amide bonds. The second kappa shape index (κ2) is 3.02. The Hall–Kier alpha value is -1.97. The topological polar surface area (TPSA) is 73.3 Å². The summed E-state index contributed by atoms with van der Waals surface area (Å²) in [4.78, 5) is 13.6. The summed E-state index contributed by atoms with van der Waals surface area (Å²) < 4.78 is 0. The third-order valence-electron chi connectivity index (χ3n) is 2.50. The molecular formula is C11H11NO3. The summed E-state index contributed by atoms with van der Waals surface area (Å²) in [6.45, 7) is 3.58. The van der Waals surface area contributed by atoms with E-state index in [1.165, 1.54) is 0 Å². The largest absolute Gasteiger partial charge is 0.506 e. The van der Waals surface area contributed by atoms with Crippen molar-refractivity contribution < 1.29 is 15.0 Å². The molecule has 1 aromatic heterocycles. The summed E-state index contributed by atoms with van der Waals surface area (Å²) in [5.41, 5.74) is 2.16. The standard InChI is InChI=1S/C11H11NO3/c1-5-3-7-6(2)9(11(14)15)12-10(7)8(13)4-5/h3-4,12-13H,1-2H3,(H,14,15). The lowest BCUT2D eigenvalue weighted by Gasteiger charge is -1.97. The van der Waals surface area contributed by atoms with Crippen molar-refractivity contribution in [1.29, 1.82) is 0 Å². The molecule has 0 bridgehead atoms. The summed E-state index contributed by atoms with van der Waals surface area (Å²) >= 11 is 0. The van der Waals surface area contributed by atoms with Gasteiger partial charge in [0.25, 0.3) is 0 Å². The Morgan fingerprint density at radius 2 is 2.00 bits per heavy atom. The average molecular weight is 205 g/mol. The van der Waals surface area contributed by atoms with Crippen molar-refractivity contribution >= 4 is 16.9 Å². The first-order valence-corrected chi connectivity index (χ1v) is 4.56. The minimum atomic E-state index is -1.01. The third-order valence-corrected chi connectivity index (χ3v) is 2.50. The molecule has 0 radical (unpaired) electrons. The van der Waals surface area contributed by atoms with Gasteiger partial charge in [0, 0.05) is 5.39 Å². The van der Waals surface area contributed by atoms with Crippen molar-refractivity contribution in [3.05, 3.63) is 29.0 Å². The SMILES string of the molecule is Cc1cc(O)c2[nH]c(C(=O)O)c(C)c2c1. The Kier molecular flexibility index (Phi) is 1.93. The van der Waals surface area contributed by atoms with Gasteiger partial charge in [-0.1, -0.05) is 0 Å². The molecule has 78 valence electrons. The van der Waals surface area contributed by atoms with E-state index < -0.39 is 5.97 Å². The number of hydrogen-bond donors (Lipinski definition) is 3. The van der Waals surface area contributed by atoms with Crippen LogP contribution in [0.15, 0.2) is 12.1 Å². The smallest absolute Gasteiger partial charge is 0.352 e. The van der Waals surface area contributed by atoms with Crippen LogP contribution in [-0.2, 0) is 0 Å². The Morgan fingerprint density at radius 3 is 2.60 bits per heavy atom. The first-order chi connectivity index (χ1) is 7.00. The Bertz CT molecular complexity index is 554. The van der Waals surface area contributed by atoms with Crippen LogP contribution in [0.25, 0.3) is 10.9 Å². The molecule has 3 N–H and O–H groups in total. The van der Waals surface area contributed by atoms with Gasteiger partial charge >= 0.3 is 5.97 Å². The molecule has 0 saturated carbocycles. The number of aromatic amines is 1. The molecule has 0 fully saturated rings. The summed E-state index contributed by atoms with van der Waals surface area (Å²) in [5, 5.41) is 19.3. The van der Waals surface area contributed by atoms with Crippen LogP contribution in [0.4, 0.5) is 0 Å². The van der Waals surface area contributed by atoms with Gasteiger partial charge in [0.15, 0.2) is 0 Å². The summed E-state index contributed by atoms with van der Waals surface area (Å²) in [6, 6.07) is 3.46. The van der Waals surface area contributed by atoms with Crippen molar-refractivity contribution in [2.45, 2.75) is 13.8 Å². The molecule has 0 saturated heterocycles. The highest BCUT2D eigenvalue weighted by Gasteiger charge is 2.15. The zero-order valence-corrected chi connectivity index (χ0v) is 8.46. The molecule has 0 atom stereocenters. The number of nitrogens with one attached hydrogen (secondary N) is 1. The fraction of sp³-hybridized carbons (Fsp3) is 0.182.